The van der Waals surface area contributed by atoms with Crippen molar-refractivity contribution < 1.29 is 0 Å². The Morgan fingerprint density at radius 3 is 2.75 bits per heavy atom. The number of nitrogens with zero attached hydrogens (tertiary/aromatic N) is 3. The Bertz CT molecular complexity index is 799. The van der Waals surface area contributed by atoms with Gasteiger partial charge in [-0.2, -0.15) is 10.4 Å². The van der Waals surface area contributed by atoms with E-state index in [0.717, 1.165) is 21.3 Å². The molecule has 3 aromatic rings. The highest BCUT2D eigenvalue weighted by Crippen LogP contribution is 2.28. The van der Waals surface area contributed by atoms with Crippen molar-refractivity contribution in [3.63, 3.8) is 0 Å². The van der Waals surface area contributed by atoms with Crippen molar-refractivity contribution in [1.82, 2.24) is 9.78 Å². The molecule has 3 rings (SSSR count). The van der Waals surface area contributed by atoms with Crippen LogP contribution in [0.1, 0.15) is 5.56 Å². The molecule has 0 fully saturated rings. The van der Waals surface area contributed by atoms with Gasteiger partial charge in [0.2, 0.25) is 0 Å². The second-order valence-corrected chi connectivity index (χ2v) is 5.17. The van der Waals surface area contributed by atoms with E-state index in [1.807, 2.05) is 54.9 Å². The van der Waals surface area contributed by atoms with Crippen LogP contribution in [0, 0.1) is 11.3 Å². The maximum atomic E-state index is 8.94. The number of rotatable bonds is 2. The van der Waals surface area contributed by atoms with Gasteiger partial charge in [0.25, 0.3) is 0 Å². The molecule has 0 amide bonds. The Morgan fingerprint density at radius 2 is 1.95 bits per heavy atom. The molecular formula is C16H10BrN3. The Labute approximate surface area is 125 Å². The number of benzene rings is 2. The van der Waals surface area contributed by atoms with Gasteiger partial charge in [-0.25, -0.2) is 4.68 Å². The van der Waals surface area contributed by atoms with E-state index in [0.29, 0.717) is 5.56 Å². The third-order valence-electron chi connectivity index (χ3n) is 3.01. The Morgan fingerprint density at radius 1 is 1.10 bits per heavy atom. The Hall–Kier alpha value is -2.38. The summed E-state index contributed by atoms with van der Waals surface area (Å²) >= 11 is 3.54. The second kappa shape index (κ2) is 5.32. The first-order valence-electron chi connectivity index (χ1n) is 6.08. The number of hydrogen-bond donors (Lipinski definition) is 0. The topological polar surface area (TPSA) is 41.6 Å². The summed E-state index contributed by atoms with van der Waals surface area (Å²) < 4.78 is 2.81. The lowest BCUT2D eigenvalue weighted by Gasteiger charge is -2.02. The first-order valence-corrected chi connectivity index (χ1v) is 6.87. The zero-order valence-electron chi connectivity index (χ0n) is 10.5. The highest BCUT2D eigenvalue weighted by Gasteiger charge is 2.06. The van der Waals surface area contributed by atoms with E-state index in [1.165, 1.54) is 0 Å². The average Bonchev–Trinajstić information content (AvgIpc) is 2.97. The molecule has 0 aliphatic carbocycles. The van der Waals surface area contributed by atoms with E-state index in [2.05, 4.69) is 27.1 Å². The average molecular weight is 324 g/mol. The number of halogens is 1. The molecule has 0 spiro atoms. The summed E-state index contributed by atoms with van der Waals surface area (Å²) in [6.07, 6.45) is 3.77. The SMILES string of the molecule is N#Cc1cccc(-n2cc(-c3ccccc3Br)cn2)c1. The van der Waals surface area contributed by atoms with Gasteiger partial charge in [-0.05, 0) is 29.8 Å². The number of hydrogen-bond acceptors (Lipinski definition) is 2. The van der Waals surface area contributed by atoms with E-state index in [1.54, 1.807) is 10.7 Å². The molecule has 1 heterocycles. The molecule has 0 saturated heterocycles. The van der Waals surface area contributed by atoms with Gasteiger partial charge in [-0.3, -0.25) is 0 Å². The minimum absolute atomic E-state index is 0.625. The largest absolute Gasteiger partial charge is 0.240 e. The first-order chi connectivity index (χ1) is 9.78. The highest BCUT2D eigenvalue weighted by atomic mass is 79.9. The summed E-state index contributed by atoms with van der Waals surface area (Å²) in [6, 6.07) is 17.5. The van der Waals surface area contributed by atoms with Gasteiger partial charge in [0.1, 0.15) is 0 Å². The van der Waals surface area contributed by atoms with Crippen LogP contribution in [0.4, 0.5) is 0 Å². The first kappa shape index (κ1) is 12.6. The van der Waals surface area contributed by atoms with Crippen LogP contribution in [0.15, 0.2) is 65.4 Å². The molecule has 4 heteroatoms. The van der Waals surface area contributed by atoms with Gasteiger partial charge in [0.15, 0.2) is 0 Å². The lowest BCUT2D eigenvalue weighted by atomic mass is 10.1. The molecule has 20 heavy (non-hydrogen) atoms. The molecule has 0 atom stereocenters. The lowest BCUT2D eigenvalue weighted by Crippen LogP contribution is -1.94. The van der Waals surface area contributed by atoms with Crippen LogP contribution in [-0.4, -0.2) is 9.78 Å². The van der Waals surface area contributed by atoms with Gasteiger partial charge in [0.05, 0.1) is 23.5 Å². The molecular weight excluding hydrogens is 314 g/mol. The predicted octanol–water partition coefficient (Wildman–Crippen LogP) is 4.17. The van der Waals surface area contributed by atoms with Crippen LogP contribution in [0.25, 0.3) is 16.8 Å². The van der Waals surface area contributed by atoms with Crippen molar-refractivity contribution in [3.05, 3.63) is 71.0 Å². The normalized spacial score (nSPS) is 10.2. The van der Waals surface area contributed by atoms with Crippen LogP contribution >= 0.6 is 15.9 Å². The summed E-state index contributed by atoms with van der Waals surface area (Å²) in [5.74, 6) is 0. The zero-order valence-corrected chi connectivity index (χ0v) is 12.1. The van der Waals surface area contributed by atoms with E-state index in [9.17, 15) is 0 Å². The van der Waals surface area contributed by atoms with Crippen molar-refractivity contribution in [2.75, 3.05) is 0 Å². The molecule has 3 nitrogen and oxygen atoms in total. The third kappa shape index (κ3) is 2.36. The van der Waals surface area contributed by atoms with E-state index in [-0.39, 0.29) is 0 Å². The summed E-state index contributed by atoms with van der Waals surface area (Å²) in [6.45, 7) is 0. The maximum absolute atomic E-state index is 8.94. The van der Waals surface area contributed by atoms with E-state index >= 15 is 0 Å². The molecule has 0 unspecified atom stereocenters. The minimum Gasteiger partial charge on any atom is -0.240 e. The summed E-state index contributed by atoms with van der Waals surface area (Å²) in [7, 11) is 0. The maximum Gasteiger partial charge on any atom is 0.0992 e. The van der Waals surface area contributed by atoms with E-state index in [4.69, 9.17) is 5.26 Å². The quantitative estimate of drug-likeness (QED) is 0.710. The number of nitriles is 1. The van der Waals surface area contributed by atoms with Crippen molar-refractivity contribution in [2.45, 2.75) is 0 Å². The smallest absolute Gasteiger partial charge is 0.0992 e. The van der Waals surface area contributed by atoms with Gasteiger partial charge in [-0.1, -0.05) is 40.2 Å². The van der Waals surface area contributed by atoms with Crippen LogP contribution in [0.2, 0.25) is 0 Å². The molecule has 0 bridgehead atoms. The van der Waals surface area contributed by atoms with Crippen LogP contribution in [0.3, 0.4) is 0 Å². The standard InChI is InChI=1S/C16H10BrN3/c17-16-7-2-1-6-15(16)13-10-19-20(11-13)14-5-3-4-12(8-14)9-18/h1-8,10-11H. The molecule has 1 aromatic heterocycles. The Balaban J connectivity index is 2.02. The van der Waals surface area contributed by atoms with Crippen LogP contribution in [0.5, 0.6) is 0 Å². The molecule has 0 aliphatic rings. The predicted molar refractivity (Wildman–Crippen MR) is 81.4 cm³/mol. The molecule has 0 aliphatic heterocycles. The van der Waals surface area contributed by atoms with Gasteiger partial charge in [0, 0.05) is 16.2 Å². The van der Waals surface area contributed by atoms with Crippen LogP contribution < -0.4 is 0 Å². The molecule has 0 radical (unpaired) electrons. The second-order valence-electron chi connectivity index (χ2n) is 4.32. The van der Waals surface area contributed by atoms with Gasteiger partial charge >= 0.3 is 0 Å². The molecule has 96 valence electrons. The van der Waals surface area contributed by atoms with Gasteiger partial charge < -0.3 is 0 Å². The highest BCUT2D eigenvalue weighted by molar-refractivity contribution is 9.10. The van der Waals surface area contributed by atoms with Crippen molar-refractivity contribution in [3.8, 4) is 22.9 Å². The minimum atomic E-state index is 0.625. The third-order valence-corrected chi connectivity index (χ3v) is 3.70. The summed E-state index contributed by atoms with van der Waals surface area (Å²) in [5.41, 5.74) is 3.62. The fourth-order valence-electron chi connectivity index (χ4n) is 2.02. The molecule has 0 saturated carbocycles. The zero-order chi connectivity index (χ0) is 13.9. The fourth-order valence-corrected chi connectivity index (χ4v) is 2.53. The fraction of sp³-hybridized carbons (Fsp3) is 0. The van der Waals surface area contributed by atoms with Crippen molar-refractivity contribution in [1.29, 1.82) is 5.26 Å². The lowest BCUT2D eigenvalue weighted by molar-refractivity contribution is 0.880. The summed E-state index contributed by atoms with van der Waals surface area (Å²) in [4.78, 5) is 0. The van der Waals surface area contributed by atoms with Crippen molar-refractivity contribution in [2.24, 2.45) is 0 Å². The van der Waals surface area contributed by atoms with Crippen molar-refractivity contribution >= 4 is 15.9 Å². The van der Waals surface area contributed by atoms with E-state index < -0.39 is 0 Å². The Kier molecular flexibility index (Phi) is 3.36. The van der Waals surface area contributed by atoms with Gasteiger partial charge in [-0.15, -0.1) is 0 Å². The van der Waals surface area contributed by atoms with Crippen LogP contribution in [-0.2, 0) is 0 Å². The molecule has 2 aromatic carbocycles. The molecule has 0 N–H and O–H groups in total. The monoisotopic (exact) mass is 323 g/mol. The summed E-state index contributed by atoms with van der Waals surface area (Å²) in [5, 5.41) is 13.3. The number of aromatic nitrogens is 2.